The van der Waals surface area contributed by atoms with E-state index < -0.39 is 42.7 Å². The number of para-hydroxylation sites is 2. The van der Waals surface area contributed by atoms with E-state index in [4.69, 9.17) is 9.47 Å². The highest BCUT2D eigenvalue weighted by Gasteiger charge is 2.33. The smallest absolute Gasteiger partial charge is 0.340 e. The summed E-state index contributed by atoms with van der Waals surface area (Å²) in [5.41, 5.74) is -1.25. The average Bonchev–Trinajstić information content (AvgIpc) is 2.84. The number of rotatable bonds is 8. The molecule has 2 N–H and O–H groups in total. The van der Waals surface area contributed by atoms with Crippen LogP contribution in [0, 0.1) is 0 Å². The van der Waals surface area contributed by atoms with E-state index in [0.717, 1.165) is 12.1 Å². The summed E-state index contributed by atoms with van der Waals surface area (Å²) >= 11 is 0. The molecule has 0 amide bonds. The molecule has 0 unspecified atom stereocenters. The zero-order valence-electron chi connectivity index (χ0n) is 18.0. The molecule has 8 nitrogen and oxygen atoms in total. The van der Waals surface area contributed by atoms with E-state index in [0.29, 0.717) is 11.5 Å². The number of benzene rings is 4. The summed E-state index contributed by atoms with van der Waals surface area (Å²) < 4.78 is 38.6. The van der Waals surface area contributed by atoms with Crippen molar-refractivity contribution < 1.29 is 37.7 Å². The zero-order chi connectivity index (χ0) is 25.0. The molecular formula is C26H18O8S. The lowest BCUT2D eigenvalue weighted by atomic mass is 10.2. The van der Waals surface area contributed by atoms with E-state index in [-0.39, 0.29) is 11.5 Å². The predicted molar refractivity (Wildman–Crippen MR) is 125 cm³/mol. The van der Waals surface area contributed by atoms with Crippen LogP contribution in [0.2, 0.25) is 0 Å². The fourth-order valence-electron chi connectivity index (χ4n) is 3.41. The maximum atomic E-state index is 13.7. The van der Waals surface area contributed by atoms with Crippen LogP contribution >= 0.6 is 0 Å². The molecule has 0 aliphatic carbocycles. The van der Waals surface area contributed by atoms with Crippen molar-refractivity contribution in [1.29, 1.82) is 0 Å². The van der Waals surface area contributed by atoms with E-state index >= 15 is 0 Å². The Labute approximate surface area is 200 Å². The van der Waals surface area contributed by atoms with Crippen LogP contribution in [0.15, 0.2) is 107 Å². The molecule has 0 fully saturated rings. The number of sulfone groups is 1. The Kier molecular flexibility index (Phi) is 6.52. The van der Waals surface area contributed by atoms with Gasteiger partial charge in [0.05, 0.1) is 9.79 Å². The van der Waals surface area contributed by atoms with Crippen molar-refractivity contribution in [2.24, 2.45) is 0 Å². The lowest BCUT2D eigenvalue weighted by Gasteiger charge is -2.16. The van der Waals surface area contributed by atoms with Crippen LogP contribution in [-0.4, -0.2) is 30.6 Å². The number of carboxylic acid groups (broad SMARTS) is 2. The molecule has 4 aromatic rings. The topological polar surface area (TPSA) is 127 Å². The lowest BCUT2D eigenvalue weighted by molar-refractivity contribution is 0.0680. The summed E-state index contributed by atoms with van der Waals surface area (Å²) in [6.45, 7) is 0. The van der Waals surface area contributed by atoms with Gasteiger partial charge in [0.2, 0.25) is 9.84 Å². The van der Waals surface area contributed by atoms with Crippen molar-refractivity contribution in [2.75, 3.05) is 0 Å². The van der Waals surface area contributed by atoms with E-state index in [9.17, 15) is 28.2 Å². The molecule has 0 aromatic heterocycles. The summed E-state index contributed by atoms with van der Waals surface area (Å²) in [6, 6.07) is 24.0. The highest BCUT2D eigenvalue weighted by molar-refractivity contribution is 7.91. The monoisotopic (exact) mass is 490 g/mol. The zero-order valence-corrected chi connectivity index (χ0v) is 18.8. The van der Waals surface area contributed by atoms with E-state index in [1.54, 1.807) is 60.7 Å². The fourth-order valence-corrected chi connectivity index (χ4v) is 5.08. The lowest BCUT2D eigenvalue weighted by Crippen LogP contribution is -2.15. The molecule has 9 heteroatoms. The van der Waals surface area contributed by atoms with Crippen molar-refractivity contribution in [1.82, 2.24) is 0 Å². The second kappa shape index (κ2) is 9.70. The third kappa shape index (κ3) is 4.85. The first-order valence-electron chi connectivity index (χ1n) is 10.2. The third-order valence-electron chi connectivity index (χ3n) is 4.92. The summed E-state index contributed by atoms with van der Waals surface area (Å²) in [5.74, 6) is -2.92. The molecule has 0 saturated carbocycles. The molecule has 0 radical (unpaired) electrons. The SMILES string of the molecule is O=C(O)c1c(Oc2ccccc2)cccc1S(=O)(=O)c1cccc(Oc2ccccc2)c1C(=O)O. The van der Waals surface area contributed by atoms with Crippen molar-refractivity contribution in [2.45, 2.75) is 9.79 Å². The molecule has 0 saturated heterocycles. The van der Waals surface area contributed by atoms with Gasteiger partial charge < -0.3 is 19.7 Å². The minimum Gasteiger partial charge on any atom is -0.478 e. The minimum absolute atomic E-state index is 0.210. The minimum atomic E-state index is -4.64. The Hall–Kier alpha value is -4.63. The van der Waals surface area contributed by atoms with Gasteiger partial charge in [0.1, 0.15) is 34.1 Å². The molecule has 0 aliphatic rings. The fraction of sp³-hybridized carbons (Fsp3) is 0. The van der Waals surface area contributed by atoms with Crippen LogP contribution in [0.4, 0.5) is 0 Å². The average molecular weight is 490 g/mol. The first kappa shape index (κ1) is 23.5. The first-order chi connectivity index (χ1) is 16.8. The molecule has 0 bridgehead atoms. The van der Waals surface area contributed by atoms with Gasteiger partial charge in [-0.1, -0.05) is 48.5 Å². The maximum Gasteiger partial charge on any atom is 0.340 e. The highest BCUT2D eigenvalue weighted by atomic mass is 32.2. The molecule has 176 valence electrons. The van der Waals surface area contributed by atoms with Crippen LogP contribution in [0.25, 0.3) is 0 Å². The Morgan fingerprint density at radius 3 is 1.26 bits per heavy atom. The summed E-state index contributed by atoms with van der Waals surface area (Å²) in [6.07, 6.45) is 0. The first-order valence-corrected chi connectivity index (χ1v) is 11.7. The Balaban J connectivity index is 1.87. The summed E-state index contributed by atoms with van der Waals surface area (Å²) in [7, 11) is -4.64. The molecule has 4 rings (SSSR count). The molecular weight excluding hydrogens is 472 g/mol. The van der Waals surface area contributed by atoms with E-state index in [2.05, 4.69) is 0 Å². The van der Waals surface area contributed by atoms with Crippen LogP contribution in [0.3, 0.4) is 0 Å². The largest absolute Gasteiger partial charge is 0.478 e. The van der Waals surface area contributed by atoms with E-state index in [1.165, 1.54) is 24.3 Å². The van der Waals surface area contributed by atoms with Gasteiger partial charge in [0.25, 0.3) is 0 Å². The van der Waals surface area contributed by atoms with Crippen molar-refractivity contribution >= 4 is 21.8 Å². The van der Waals surface area contributed by atoms with E-state index in [1.807, 2.05) is 0 Å². The number of ether oxygens (including phenoxy) is 2. The quantitative estimate of drug-likeness (QED) is 0.331. The van der Waals surface area contributed by atoms with Gasteiger partial charge in [0, 0.05) is 0 Å². The standard InChI is InChI=1S/C26H18O8S/c27-25(28)23-19(33-17-9-3-1-4-10-17)13-7-15-21(23)35(31,32)22-16-8-14-20(24(22)26(29)30)34-18-11-5-2-6-12-18/h1-16H,(H,27,28)(H,29,30). The molecule has 0 aliphatic heterocycles. The number of carbonyl (C=O) groups is 2. The second-order valence-electron chi connectivity index (χ2n) is 7.20. The van der Waals surface area contributed by atoms with Gasteiger partial charge in [-0.2, -0.15) is 0 Å². The Bertz CT molecular complexity index is 1390. The number of carboxylic acids is 2. The Morgan fingerprint density at radius 2 is 0.914 bits per heavy atom. The van der Waals surface area contributed by atoms with Crippen LogP contribution in [-0.2, 0) is 9.84 Å². The van der Waals surface area contributed by atoms with Gasteiger partial charge in [-0.15, -0.1) is 0 Å². The van der Waals surface area contributed by atoms with Gasteiger partial charge in [0.15, 0.2) is 0 Å². The van der Waals surface area contributed by atoms with Gasteiger partial charge in [-0.3, -0.25) is 0 Å². The highest BCUT2D eigenvalue weighted by Crippen LogP contribution is 2.37. The normalized spacial score (nSPS) is 11.0. The maximum absolute atomic E-state index is 13.7. The van der Waals surface area contributed by atoms with Crippen molar-refractivity contribution in [3.05, 3.63) is 108 Å². The molecule has 4 aromatic carbocycles. The van der Waals surface area contributed by atoms with Crippen molar-refractivity contribution in [3.63, 3.8) is 0 Å². The number of aromatic carboxylic acids is 2. The van der Waals surface area contributed by atoms with Crippen LogP contribution in [0.5, 0.6) is 23.0 Å². The van der Waals surface area contributed by atoms with Gasteiger partial charge >= 0.3 is 11.9 Å². The van der Waals surface area contributed by atoms with Crippen LogP contribution in [0.1, 0.15) is 20.7 Å². The third-order valence-corrected chi connectivity index (χ3v) is 6.76. The molecule has 0 spiro atoms. The Morgan fingerprint density at radius 1 is 0.543 bits per heavy atom. The second-order valence-corrected chi connectivity index (χ2v) is 9.09. The molecule has 0 atom stereocenters. The van der Waals surface area contributed by atoms with Crippen molar-refractivity contribution in [3.8, 4) is 23.0 Å². The van der Waals surface area contributed by atoms with Gasteiger partial charge in [-0.25, -0.2) is 18.0 Å². The molecule has 0 heterocycles. The number of hydrogen-bond acceptors (Lipinski definition) is 6. The summed E-state index contributed by atoms with van der Waals surface area (Å²) in [5, 5.41) is 19.8. The summed E-state index contributed by atoms with van der Waals surface area (Å²) in [4.78, 5) is 23.1. The predicted octanol–water partition coefficient (Wildman–Crippen LogP) is 5.50. The molecule has 35 heavy (non-hydrogen) atoms. The van der Waals surface area contributed by atoms with Gasteiger partial charge in [-0.05, 0) is 48.5 Å². The van der Waals surface area contributed by atoms with Crippen LogP contribution < -0.4 is 9.47 Å². The number of hydrogen-bond donors (Lipinski definition) is 2.